The molecule has 0 amide bonds. The Hall–Kier alpha value is -2.46. The number of Topliss-reactive ketones (excluding diaryl/α,β-unsaturated/α-hetero) is 1. The van der Waals surface area contributed by atoms with Crippen molar-refractivity contribution in [1.82, 2.24) is 4.98 Å². The molecule has 4 nitrogen and oxygen atoms in total. The Balaban J connectivity index is 1.57. The number of anilines is 1. The van der Waals surface area contributed by atoms with Crippen LogP contribution < -0.4 is 5.06 Å². The Morgan fingerprint density at radius 3 is 3.00 bits per heavy atom. The summed E-state index contributed by atoms with van der Waals surface area (Å²) in [5.74, 6) is 0.922. The molecule has 0 saturated carbocycles. The van der Waals surface area contributed by atoms with Crippen molar-refractivity contribution in [1.29, 1.82) is 0 Å². The van der Waals surface area contributed by atoms with Crippen LogP contribution in [0.25, 0.3) is 0 Å². The maximum Gasteiger partial charge on any atom is 0.164 e. The highest BCUT2D eigenvalue weighted by Crippen LogP contribution is 2.31. The van der Waals surface area contributed by atoms with Crippen molar-refractivity contribution in [2.24, 2.45) is 0 Å². The predicted octanol–water partition coefficient (Wildman–Crippen LogP) is 3.92. The van der Waals surface area contributed by atoms with E-state index in [4.69, 9.17) is 4.84 Å². The molecule has 1 unspecified atom stereocenters. The van der Waals surface area contributed by atoms with Gasteiger partial charge in [0.2, 0.25) is 0 Å². The summed E-state index contributed by atoms with van der Waals surface area (Å²) >= 11 is 0. The molecule has 4 heteroatoms. The Bertz CT molecular complexity index is 798. The van der Waals surface area contributed by atoms with Crippen molar-refractivity contribution in [3.8, 4) is 0 Å². The number of rotatable bonds is 2. The summed E-state index contributed by atoms with van der Waals surface area (Å²) in [6.07, 6.45) is 6.17. The summed E-state index contributed by atoms with van der Waals surface area (Å²) in [6, 6.07) is 12.0. The molecule has 4 rings (SSSR count). The first kappa shape index (κ1) is 14.2. The van der Waals surface area contributed by atoms with Crippen molar-refractivity contribution in [3.05, 3.63) is 71.1 Å². The minimum absolute atomic E-state index is 0.102. The molecule has 0 spiro atoms. The Labute approximate surface area is 135 Å². The van der Waals surface area contributed by atoms with Gasteiger partial charge in [0.25, 0.3) is 0 Å². The van der Waals surface area contributed by atoms with Crippen LogP contribution in [0.3, 0.4) is 0 Å². The molecule has 1 aromatic carbocycles. The van der Waals surface area contributed by atoms with Gasteiger partial charge in [-0.25, -0.2) is 10.0 Å². The number of carbonyl (C=O) groups excluding carboxylic acids is 1. The zero-order chi connectivity index (χ0) is 15.8. The second-order valence-corrected chi connectivity index (χ2v) is 6.05. The monoisotopic (exact) mass is 306 g/mol. The van der Waals surface area contributed by atoms with E-state index in [2.05, 4.69) is 30.1 Å². The lowest BCUT2D eigenvalue weighted by molar-refractivity contribution is 0.0966. The van der Waals surface area contributed by atoms with Crippen molar-refractivity contribution in [3.63, 3.8) is 0 Å². The fraction of sp³-hybridized carbons (Fsp3) is 0.263. The van der Waals surface area contributed by atoms with Gasteiger partial charge >= 0.3 is 0 Å². The Morgan fingerprint density at radius 1 is 1.22 bits per heavy atom. The summed E-state index contributed by atoms with van der Waals surface area (Å²) in [7, 11) is 0. The molecule has 1 atom stereocenters. The smallest absolute Gasteiger partial charge is 0.164 e. The molecule has 0 saturated heterocycles. The fourth-order valence-electron chi connectivity index (χ4n) is 3.11. The number of hydrogen-bond acceptors (Lipinski definition) is 4. The molecule has 23 heavy (non-hydrogen) atoms. The van der Waals surface area contributed by atoms with E-state index in [9.17, 15) is 4.79 Å². The number of benzene rings is 1. The Morgan fingerprint density at radius 2 is 2.13 bits per heavy atom. The number of aryl methyl sites for hydroxylation is 2. The molecule has 116 valence electrons. The number of aromatic nitrogens is 1. The average Bonchev–Trinajstić information content (AvgIpc) is 3.05. The summed E-state index contributed by atoms with van der Waals surface area (Å²) < 4.78 is 0. The molecule has 2 aromatic rings. The van der Waals surface area contributed by atoms with Crippen molar-refractivity contribution < 1.29 is 9.63 Å². The third-order valence-corrected chi connectivity index (χ3v) is 4.30. The normalized spacial score (nSPS) is 20.0. The number of fused-ring (bicyclic) bond motifs is 1. The number of nitrogens with zero attached hydrogens (tertiary/aromatic N) is 2. The van der Waals surface area contributed by atoms with E-state index in [-0.39, 0.29) is 11.9 Å². The number of ketones is 1. The van der Waals surface area contributed by atoms with Crippen molar-refractivity contribution in [2.75, 3.05) is 5.06 Å². The number of pyridine rings is 1. The summed E-state index contributed by atoms with van der Waals surface area (Å²) in [6.45, 7) is 2.07. The Kier molecular flexibility index (Phi) is 3.46. The van der Waals surface area contributed by atoms with Gasteiger partial charge in [-0.15, -0.1) is 0 Å². The van der Waals surface area contributed by atoms with E-state index in [1.807, 2.05) is 30.5 Å². The number of hydrogen-bond donors (Lipinski definition) is 0. The highest BCUT2D eigenvalue weighted by molar-refractivity contribution is 5.98. The first-order valence-electron chi connectivity index (χ1n) is 7.95. The summed E-state index contributed by atoms with van der Waals surface area (Å²) in [4.78, 5) is 22.5. The van der Waals surface area contributed by atoms with Crippen molar-refractivity contribution in [2.45, 2.75) is 32.3 Å². The van der Waals surface area contributed by atoms with Crippen LogP contribution in [0.5, 0.6) is 0 Å². The van der Waals surface area contributed by atoms with Crippen LogP contribution in [0.2, 0.25) is 0 Å². The van der Waals surface area contributed by atoms with Gasteiger partial charge in [-0.05, 0) is 43.5 Å². The highest BCUT2D eigenvalue weighted by atomic mass is 16.7. The van der Waals surface area contributed by atoms with Crippen LogP contribution in [0.1, 0.15) is 46.1 Å². The van der Waals surface area contributed by atoms with Gasteiger partial charge < -0.3 is 0 Å². The molecule has 1 aromatic heterocycles. The van der Waals surface area contributed by atoms with Gasteiger partial charge in [-0.1, -0.05) is 29.8 Å². The molecular weight excluding hydrogens is 288 g/mol. The van der Waals surface area contributed by atoms with Crippen LogP contribution in [0.15, 0.2) is 48.7 Å². The second kappa shape index (κ2) is 5.63. The van der Waals surface area contributed by atoms with Crippen molar-refractivity contribution >= 4 is 11.6 Å². The van der Waals surface area contributed by atoms with Gasteiger partial charge in [-0.3, -0.25) is 9.63 Å². The molecule has 0 bridgehead atoms. The van der Waals surface area contributed by atoms with Gasteiger partial charge in [0, 0.05) is 18.2 Å². The quantitative estimate of drug-likeness (QED) is 0.843. The highest BCUT2D eigenvalue weighted by Gasteiger charge is 2.24. The zero-order valence-electron chi connectivity index (χ0n) is 13.0. The topological polar surface area (TPSA) is 42.4 Å². The lowest BCUT2D eigenvalue weighted by Gasteiger charge is -2.20. The molecule has 2 aliphatic rings. The van der Waals surface area contributed by atoms with Gasteiger partial charge in [0.15, 0.2) is 11.6 Å². The molecule has 0 fully saturated rings. The van der Waals surface area contributed by atoms with E-state index in [0.717, 1.165) is 35.5 Å². The average molecular weight is 306 g/mol. The second-order valence-electron chi connectivity index (χ2n) is 6.05. The molecule has 0 radical (unpaired) electrons. The largest absolute Gasteiger partial charge is 0.294 e. The van der Waals surface area contributed by atoms with E-state index in [1.54, 1.807) is 5.06 Å². The number of hydroxylamine groups is 1. The predicted molar refractivity (Wildman–Crippen MR) is 88.1 cm³/mol. The first-order chi connectivity index (χ1) is 11.2. The van der Waals surface area contributed by atoms with Crippen LogP contribution in [-0.2, 0) is 11.3 Å². The van der Waals surface area contributed by atoms with Crippen LogP contribution in [0, 0.1) is 6.92 Å². The van der Waals surface area contributed by atoms with Gasteiger partial charge in [0.05, 0.1) is 5.69 Å². The lowest BCUT2D eigenvalue weighted by atomic mass is 9.95. The molecular formula is C19H18N2O2. The zero-order valence-corrected chi connectivity index (χ0v) is 13.0. The van der Waals surface area contributed by atoms with Crippen LogP contribution in [0.4, 0.5) is 5.82 Å². The minimum atomic E-state index is -0.102. The van der Waals surface area contributed by atoms with E-state index in [0.29, 0.717) is 6.42 Å². The van der Waals surface area contributed by atoms with Gasteiger partial charge in [-0.2, -0.15) is 0 Å². The standard InChI is InChI=1S/C19H18N2O2/c1-13-4-2-5-14(12-13)18-10-11-21(23-18)19-9-8-15-16(20-19)6-3-7-17(15)22/h2,4-5,8-12,18H,3,6-7H2,1H3. The minimum Gasteiger partial charge on any atom is -0.294 e. The van der Waals surface area contributed by atoms with Crippen LogP contribution in [-0.4, -0.2) is 10.8 Å². The molecule has 1 aliphatic carbocycles. The molecule has 0 N–H and O–H groups in total. The van der Waals surface area contributed by atoms with Crippen LogP contribution >= 0.6 is 0 Å². The number of carbonyl (C=O) groups is 1. The fourth-order valence-corrected chi connectivity index (χ4v) is 3.11. The third-order valence-electron chi connectivity index (χ3n) is 4.30. The summed E-state index contributed by atoms with van der Waals surface area (Å²) in [5, 5.41) is 1.69. The maximum absolute atomic E-state index is 11.9. The van der Waals surface area contributed by atoms with Gasteiger partial charge in [0.1, 0.15) is 6.10 Å². The molecule has 2 heterocycles. The SMILES string of the molecule is Cc1cccc(C2C=CN(c3ccc4c(n3)CCCC4=O)O2)c1. The first-order valence-corrected chi connectivity index (χ1v) is 7.95. The van der Waals surface area contributed by atoms with E-state index in [1.165, 1.54) is 5.56 Å². The third kappa shape index (κ3) is 2.66. The summed E-state index contributed by atoms with van der Waals surface area (Å²) in [5.41, 5.74) is 3.98. The van der Waals surface area contributed by atoms with E-state index >= 15 is 0 Å². The lowest BCUT2D eigenvalue weighted by Crippen LogP contribution is -2.18. The van der Waals surface area contributed by atoms with E-state index < -0.39 is 0 Å². The molecule has 1 aliphatic heterocycles. The maximum atomic E-state index is 11.9.